The SMILES string of the molecule is O=C(CNC(=O)c1cc(F)cc(F)c1)NCc1cn2cc(Br)ccc2n1. The fourth-order valence-electron chi connectivity index (χ4n) is 2.30. The molecule has 3 rings (SSSR count). The van der Waals surface area contributed by atoms with Gasteiger partial charge in [-0.2, -0.15) is 0 Å². The Bertz CT molecular complexity index is 970. The molecule has 0 saturated heterocycles. The summed E-state index contributed by atoms with van der Waals surface area (Å²) in [6.45, 7) is -0.140. The van der Waals surface area contributed by atoms with E-state index in [1.165, 1.54) is 0 Å². The van der Waals surface area contributed by atoms with Crippen molar-refractivity contribution in [3.8, 4) is 0 Å². The third kappa shape index (κ3) is 4.42. The van der Waals surface area contributed by atoms with E-state index in [0.717, 1.165) is 22.3 Å². The maximum absolute atomic E-state index is 13.1. The summed E-state index contributed by atoms with van der Waals surface area (Å²) in [4.78, 5) is 28.0. The van der Waals surface area contributed by atoms with E-state index in [2.05, 4.69) is 31.5 Å². The van der Waals surface area contributed by atoms with Crippen molar-refractivity contribution >= 4 is 33.4 Å². The van der Waals surface area contributed by atoms with Gasteiger partial charge in [-0.15, -0.1) is 0 Å². The number of carbonyl (C=O) groups is 2. The first kappa shape index (κ1) is 18.0. The van der Waals surface area contributed by atoms with Crippen LogP contribution in [0.15, 0.2) is 47.2 Å². The summed E-state index contributed by atoms with van der Waals surface area (Å²) in [5.74, 6) is -2.92. The number of hydrogen-bond acceptors (Lipinski definition) is 3. The van der Waals surface area contributed by atoms with Crippen LogP contribution in [0.4, 0.5) is 8.78 Å². The van der Waals surface area contributed by atoms with Crippen molar-refractivity contribution < 1.29 is 18.4 Å². The van der Waals surface area contributed by atoms with Crippen LogP contribution in [0.3, 0.4) is 0 Å². The molecule has 2 amide bonds. The van der Waals surface area contributed by atoms with Crippen molar-refractivity contribution in [1.29, 1.82) is 0 Å². The third-order valence-electron chi connectivity index (χ3n) is 3.47. The lowest BCUT2D eigenvalue weighted by Crippen LogP contribution is -2.36. The van der Waals surface area contributed by atoms with Crippen LogP contribution in [0.25, 0.3) is 5.65 Å². The summed E-state index contributed by atoms with van der Waals surface area (Å²) >= 11 is 3.36. The molecule has 0 aliphatic carbocycles. The highest BCUT2D eigenvalue weighted by Crippen LogP contribution is 2.12. The maximum Gasteiger partial charge on any atom is 0.251 e. The molecule has 3 aromatic rings. The van der Waals surface area contributed by atoms with Gasteiger partial charge < -0.3 is 15.0 Å². The van der Waals surface area contributed by atoms with E-state index in [-0.39, 0.29) is 18.7 Å². The molecule has 26 heavy (non-hydrogen) atoms. The van der Waals surface area contributed by atoms with E-state index in [9.17, 15) is 18.4 Å². The fourth-order valence-corrected chi connectivity index (χ4v) is 2.65. The van der Waals surface area contributed by atoms with Crippen molar-refractivity contribution in [3.63, 3.8) is 0 Å². The van der Waals surface area contributed by atoms with Crippen LogP contribution in [-0.2, 0) is 11.3 Å². The monoisotopic (exact) mass is 422 g/mol. The van der Waals surface area contributed by atoms with E-state index in [4.69, 9.17) is 0 Å². The number of carbonyl (C=O) groups excluding carboxylic acids is 2. The molecule has 9 heteroatoms. The van der Waals surface area contributed by atoms with Gasteiger partial charge in [0.25, 0.3) is 5.91 Å². The van der Waals surface area contributed by atoms with Gasteiger partial charge in [-0.25, -0.2) is 13.8 Å². The van der Waals surface area contributed by atoms with Crippen molar-refractivity contribution in [2.75, 3.05) is 6.54 Å². The minimum absolute atomic E-state index is 0.183. The number of benzene rings is 1. The number of aromatic nitrogens is 2. The van der Waals surface area contributed by atoms with Crippen molar-refractivity contribution in [3.05, 3.63) is 70.1 Å². The van der Waals surface area contributed by atoms with E-state index in [1.54, 1.807) is 6.20 Å². The fraction of sp³-hybridized carbons (Fsp3) is 0.118. The molecule has 0 spiro atoms. The first-order valence-electron chi connectivity index (χ1n) is 7.55. The third-order valence-corrected chi connectivity index (χ3v) is 3.93. The number of nitrogens with one attached hydrogen (secondary N) is 2. The number of rotatable bonds is 5. The van der Waals surface area contributed by atoms with E-state index in [1.807, 2.05) is 22.7 Å². The number of hydrogen-bond donors (Lipinski definition) is 2. The highest BCUT2D eigenvalue weighted by Gasteiger charge is 2.11. The molecule has 2 aromatic heterocycles. The van der Waals surface area contributed by atoms with E-state index >= 15 is 0 Å². The van der Waals surface area contributed by atoms with Gasteiger partial charge in [0.2, 0.25) is 5.91 Å². The largest absolute Gasteiger partial charge is 0.349 e. The maximum atomic E-state index is 13.1. The van der Waals surface area contributed by atoms with Crippen LogP contribution in [0, 0.1) is 11.6 Å². The van der Waals surface area contributed by atoms with Crippen LogP contribution < -0.4 is 10.6 Å². The minimum atomic E-state index is -0.863. The topological polar surface area (TPSA) is 75.5 Å². The van der Waals surface area contributed by atoms with Gasteiger partial charge in [0, 0.05) is 28.5 Å². The average Bonchev–Trinajstić information content (AvgIpc) is 2.99. The first-order chi connectivity index (χ1) is 12.4. The van der Waals surface area contributed by atoms with Gasteiger partial charge >= 0.3 is 0 Å². The normalized spacial score (nSPS) is 10.7. The zero-order chi connectivity index (χ0) is 18.7. The van der Waals surface area contributed by atoms with Gasteiger partial charge in [0.05, 0.1) is 18.8 Å². The van der Waals surface area contributed by atoms with E-state index < -0.39 is 23.4 Å². The summed E-state index contributed by atoms with van der Waals surface area (Å²) < 4.78 is 28.9. The number of fused-ring (bicyclic) bond motifs is 1. The zero-order valence-electron chi connectivity index (χ0n) is 13.3. The summed E-state index contributed by atoms with van der Waals surface area (Å²) in [6, 6.07) is 6.14. The van der Waals surface area contributed by atoms with Gasteiger partial charge in [-0.1, -0.05) is 0 Å². The molecule has 0 radical (unpaired) electrons. The number of pyridine rings is 1. The molecule has 6 nitrogen and oxygen atoms in total. The lowest BCUT2D eigenvalue weighted by molar-refractivity contribution is -0.120. The minimum Gasteiger partial charge on any atom is -0.349 e. The molecule has 2 heterocycles. The Labute approximate surface area is 155 Å². The highest BCUT2D eigenvalue weighted by atomic mass is 79.9. The Morgan fingerprint density at radius 1 is 1.08 bits per heavy atom. The first-order valence-corrected chi connectivity index (χ1v) is 8.34. The second-order valence-electron chi connectivity index (χ2n) is 5.46. The van der Waals surface area contributed by atoms with Gasteiger partial charge in [-0.05, 0) is 40.2 Å². The van der Waals surface area contributed by atoms with Crippen molar-refractivity contribution in [1.82, 2.24) is 20.0 Å². The molecule has 0 atom stereocenters. The number of nitrogens with zero attached hydrogens (tertiary/aromatic N) is 2. The highest BCUT2D eigenvalue weighted by molar-refractivity contribution is 9.10. The molecule has 134 valence electrons. The molecule has 0 aliphatic rings. The van der Waals surface area contributed by atoms with Crippen LogP contribution in [0.1, 0.15) is 16.1 Å². The van der Waals surface area contributed by atoms with Gasteiger partial charge in [0.15, 0.2) is 0 Å². The lowest BCUT2D eigenvalue weighted by atomic mass is 10.2. The van der Waals surface area contributed by atoms with Crippen LogP contribution in [0.5, 0.6) is 0 Å². The van der Waals surface area contributed by atoms with Crippen molar-refractivity contribution in [2.45, 2.75) is 6.54 Å². The summed E-state index contributed by atoms with van der Waals surface area (Å²) in [7, 11) is 0. The Balaban J connectivity index is 1.52. The van der Waals surface area contributed by atoms with Crippen molar-refractivity contribution in [2.24, 2.45) is 0 Å². The second kappa shape index (κ2) is 7.61. The molecular formula is C17H13BrF2N4O2. The second-order valence-corrected chi connectivity index (χ2v) is 6.38. The molecule has 0 bridgehead atoms. The number of imidazole rings is 1. The summed E-state index contributed by atoms with van der Waals surface area (Å²) in [6.07, 6.45) is 3.61. The smallest absolute Gasteiger partial charge is 0.251 e. The quantitative estimate of drug-likeness (QED) is 0.662. The Hall–Kier alpha value is -2.81. The predicted octanol–water partition coefficient (Wildman–Crippen LogP) is 2.42. The molecule has 0 fully saturated rings. The number of halogens is 3. The Morgan fingerprint density at radius 2 is 1.81 bits per heavy atom. The molecule has 0 aliphatic heterocycles. The molecule has 1 aromatic carbocycles. The van der Waals surface area contributed by atoms with E-state index in [0.29, 0.717) is 11.8 Å². The summed E-state index contributed by atoms with van der Waals surface area (Å²) in [5.41, 5.74) is 1.19. The molecular weight excluding hydrogens is 410 g/mol. The Morgan fingerprint density at radius 3 is 2.54 bits per heavy atom. The van der Waals surface area contributed by atoms with Gasteiger partial charge in [0.1, 0.15) is 17.3 Å². The van der Waals surface area contributed by atoms with Gasteiger partial charge in [-0.3, -0.25) is 9.59 Å². The lowest BCUT2D eigenvalue weighted by Gasteiger charge is -2.06. The molecule has 2 N–H and O–H groups in total. The average molecular weight is 423 g/mol. The van der Waals surface area contributed by atoms with Crippen LogP contribution >= 0.6 is 15.9 Å². The zero-order valence-corrected chi connectivity index (χ0v) is 14.9. The van der Waals surface area contributed by atoms with Crippen LogP contribution in [-0.4, -0.2) is 27.7 Å². The van der Waals surface area contributed by atoms with Crippen LogP contribution in [0.2, 0.25) is 0 Å². The molecule has 0 unspecified atom stereocenters. The Kier molecular flexibility index (Phi) is 5.27. The molecule has 0 saturated carbocycles. The number of amides is 2. The summed E-state index contributed by atoms with van der Waals surface area (Å²) in [5, 5.41) is 4.92. The standard InChI is InChI=1S/C17H13BrF2N4O2/c18-11-1-2-15-23-14(9-24(15)8-11)6-21-16(25)7-22-17(26)10-3-12(19)5-13(20)4-10/h1-5,8-9H,6-7H2,(H,21,25)(H,22,26). The predicted molar refractivity (Wildman–Crippen MR) is 93.4 cm³/mol.